The fraction of sp³-hybridized carbons (Fsp3) is 0.667. The molecule has 1 aromatic rings. The highest BCUT2D eigenvalue weighted by Gasteiger charge is 2.18. The monoisotopic (exact) mass is 220 g/mol. The summed E-state index contributed by atoms with van der Waals surface area (Å²) < 4.78 is 0. The highest BCUT2D eigenvalue weighted by Crippen LogP contribution is 2.24. The molecule has 0 aliphatic rings. The lowest BCUT2D eigenvalue weighted by molar-refractivity contribution is 0.363. The highest BCUT2D eigenvalue weighted by molar-refractivity contribution is 5.51. The zero-order valence-electron chi connectivity index (χ0n) is 10.5. The van der Waals surface area contributed by atoms with Crippen LogP contribution in [-0.2, 0) is 0 Å². The van der Waals surface area contributed by atoms with Crippen LogP contribution in [-0.4, -0.2) is 16.7 Å². The Morgan fingerprint density at radius 3 is 2.62 bits per heavy atom. The van der Waals surface area contributed by atoms with Crippen LogP contribution < -0.4 is 5.32 Å². The number of hydrogen-bond acceptors (Lipinski definition) is 3. The lowest BCUT2D eigenvalue weighted by Gasteiger charge is -2.24. The van der Waals surface area contributed by atoms with Gasteiger partial charge in [-0.25, -0.2) is 0 Å². The summed E-state index contributed by atoms with van der Waals surface area (Å²) in [4.78, 5) is 0. The highest BCUT2D eigenvalue weighted by atomic mass is 15.1. The van der Waals surface area contributed by atoms with E-state index in [2.05, 4.69) is 35.4 Å². The number of H-pyrrole nitrogens is 1. The van der Waals surface area contributed by atoms with Gasteiger partial charge in [0.25, 0.3) is 0 Å². The molecule has 16 heavy (non-hydrogen) atoms. The standard InChI is InChI=1S/C12H20N4/c1-9-11(10(2)16-15-9)14-8-12(3,4)6-5-7-13/h14H,5-6,8H2,1-4H3,(H,15,16). The Bertz CT molecular complexity index is 365. The van der Waals surface area contributed by atoms with Crippen molar-refractivity contribution in [1.29, 1.82) is 5.26 Å². The summed E-state index contributed by atoms with van der Waals surface area (Å²) in [7, 11) is 0. The summed E-state index contributed by atoms with van der Waals surface area (Å²) in [6, 6.07) is 2.19. The van der Waals surface area contributed by atoms with E-state index >= 15 is 0 Å². The Balaban J connectivity index is 2.54. The van der Waals surface area contributed by atoms with Gasteiger partial charge in [0.2, 0.25) is 0 Å². The molecule has 4 nitrogen and oxygen atoms in total. The van der Waals surface area contributed by atoms with Crippen molar-refractivity contribution in [3.8, 4) is 6.07 Å². The second-order valence-corrected chi connectivity index (χ2v) is 4.98. The quantitative estimate of drug-likeness (QED) is 0.802. The van der Waals surface area contributed by atoms with Gasteiger partial charge in [-0.2, -0.15) is 10.4 Å². The van der Waals surface area contributed by atoms with Gasteiger partial charge in [-0.1, -0.05) is 13.8 Å². The van der Waals surface area contributed by atoms with Crippen LogP contribution in [0.4, 0.5) is 5.69 Å². The van der Waals surface area contributed by atoms with Crippen LogP contribution in [0.25, 0.3) is 0 Å². The van der Waals surface area contributed by atoms with E-state index in [4.69, 9.17) is 5.26 Å². The maximum Gasteiger partial charge on any atom is 0.0825 e. The first-order valence-corrected chi connectivity index (χ1v) is 5.59. The Labute approximate surface area is 97.1 Å². The molecule has 0 aromatic carbocycles. The third-order valence-corrected chi connectivity index (χ3v) is 2.79. The maximum absolute atomic E-state index is 8.58. The summed E-state index contributed by atoms with van der Waals surface area (Å²) in [5, 5.41) is 19.1. The maximum atomic E-state index is 8.58. The number of hydrogen-bond donors (Lipinski definition) is 2. The van der Waals surface area contributed by atoms with Gasteiger partial charge in [-0.3, -0.25) is 5.10 Å². The first-order valence-electron chi connectivity index (χ1n) is 5.59. The normalized spacial score (nSPS) is 11.2. The molecule has 0 unspecified atom stereocenters. The molecule has 0 aliphatic carbocycles. The minimum atomic E-state index is 0.131. The van der Waals surface area contributed by atoms with Gasteiger partial charge < -0.3 is 5.32 Å². The number of rotatable bonds is 5. The molecule has 4 heteroatoms. The van der Waals surface area contributed by atoms with Crippen molar-refractivity contribution in [1.82, 2.24) is 10.2 Å². The molecule has 0 bridgehead atoms. The third-order valence-electron chi connectivity index (χ3n) is 2.79. The molecule has 0 aliphatic heterocycles. The molecule has 1 rings (SSSR count). The van der Waals surface area contributed by atoms with Crippen molar-refractivity contribution in [2.45, 2.75) is 40.5 Å². The Hall–Kier alpha value is -1.50. The molecule has 2 N–H and O–H groups in total. The number of aromatic nitrogens is 2. The SMILES string of the molecule is Cc1n[nH]c(C)c1NCC(C)(C)CCC#N. The van der Waals surface area contributed by atoms with Crippen molar-refractivity contribution < 1.29 is 0 Å². The molecule has 0 radical (unpaired) electrons. The Kier molecular flexibility index (Phi) is 3.94. The molecule has 1 aromatic heterocycles. The minimum Gasteiger partial charge on any atom is -0.382 e. The van der Waals surface area contributed by atoms with Crippen molar-refractivity contribution in [3.63, 3.8) is 0 Å². The van der Waals surface area contributed by atoms with Crippen molar-refractivity contribution in [2.24, 2.45) is 5.41 Å². The number of aromatic amines is 1. The van der Waals surface area contributed by atoms with Crippen molar-refractivity contribution >= 4 is 5.69 Å². The van der Waals surface area contributed by atoms with Crippen LogP contribution in [0.2, 0.25) is 0 Å². The summed E-state index contributed by atoms with van der Waals surface area (Å²) >= 11 is 0. The molecular weight excluding hydrogens is 200 g/mol. The fourth-order valence-corrected chi connectivity index (χ4v) is 1.62. The minimum absolute atomic E-state index is 0.131. The Morgan fingerprint density at radius 2 is 2.12 bits per heavy atom. The first-order chi connectivity index (χ1) is 7.46. The van der Waals surface area contributed by atoms with Gasteiger partial charge >= 0.3 is 0 Å². The zero-order valence-corrected chi connectivity index (χ0v) is 10.5. The summed E-state index contributed by atoms with van der Waals surface area (Å²) in [6.45, 7) is 9.18. The van der Waals surface area contributed by atoms with Gasteiger partial charge in [0, 0.05) is 13.0 Å². The largest absolute Gasteiger partial charge is 0.382 e. The van der Waals surface area contributed by atoms with E-state index in [0.717, 1.165) is 30.0 Å². The van der Waals surface area contributed by atoms with Gasteiger partial charge in [-0.05, 0) is 25.7 Å². The molecule has 1 heterocycles. The molecule has 0 saturated heterocycles. The van der Waals surface area contributed by atoms with E-state index in [1.165, 1.54) is 0 Å². The summed E-state index contributed by atoms with van der Waals surface area (Å²) in [5.41, 5.74) is 3.28. The predicted molar refractivity (Wildman–Crippen MR) is 65.2 cm³/mol. The van der Waals surface area contributed by atoms with Crippen LogP contribution in [0.1, 0.15) is 38.1 Å². The van der Waals surface area contributed by atoms with Gasteiger partial charge in [0.15, 0.2) is 0 Å². The van der Waals surface area contributed by atoms with Gasteiger partial charge in [0.05, 0.1) is 23.1 Å². The average molecular weight is 220 g/mol. The molecular formula is C12H20N4. The van der Waals surface area contributed by atoms with E-state index in [1.54, 1.807) is 0 Å². The molecule has 88 valence electrons. The van der Waals surface area contributed by atoms with Gasteiger partial charge in [-0.15, -0.1) is 0 Å². The van der Waals surface area contributed by atoms with Crippen LogP contribution in [0.5, 0.6) is 0 Å². The van der Waals surface area contributed by atoms with Crippen LogP contribution in [0, 0.1) is 30.6 Å². The molecule has 0 spiro atoms. The number of aryl methyl sites for hydroxylation is 2. The van der Waals surface area contributed by atoms with E-state index in [1.807, 2.05) is 13.8 Å². The second-order valence-electron chi connectivity index (χ2n) is 4.98. The fourth-order valence-electron chi connectivity index (χ4n) is 1.62. The topological polar surface area (TPSA) is 64.5 Å². The van der Waals surface area contributed by atoms with Crippen LogP contribution in [0.15, 0.2) is 0 Å². The zero-order chi connectivity index (χ0) is 12.2. The Morgan fingerprint density at radius 1 is 1.44 bits per heavy atom. The smallest absolute Gasteiger partial charge is 0.0825 e. The second kappa shape index (κ2) is 5.02. The molecule has 0 fully saturated rings. The molecule has 0 atom stereocenters. The molecule has 0 amide bonds. The predicted octanol–water partition coefficient (Wildman–Crippen LogP) is 2.77. The summed E-state index contributed by atoms with van der Waals surface area (Å²) in [6.07, 6.45) is 1.52. The third kappa shape index (κ3) is 3.27. The lowest BCUT2D eigenvalue weighted by Crippen LogP contribution is -2.23. The van der Waals surface area contributed by atoms with Crippen LogP contribution in [0.3, 0.4) is 0 Å². The summed E-state index contributed by atoms with van der Waals surface area (Å²) in [5.74, 6) is 0. The average Bonchev–Trinajstić information content (AvgIpc) is 2.53. The van der Waals surface area contributed by atoms with E-state index in [0.29, 0.717) is 6.42 Å². The van der Waals surface area contributed by atoms with E-state index < -0.39 is 0 Å². The number of nitriles is 1. The van der Waals surface area contributed by atoms with Crippen molar-refractivity contribution in [2.75, 3.05) is 11.9 Å². The van der Waals surface area contributed by atoms with E-state index in [-0.39, 0.29) is 5.41 Å². The molecule has 0 saturated carbocycles. The lowest BCUT2D eigenvalue weighted by atomic mass is 9.88. The van der Waals surface area contributed by atoms with Crippen molar-refractivity contribution in [3.05, 3.63) is 11.4 Å². The van der Waals surface area contributed by atoms with Gasteiger partial charge in [0.1, 0.15) is 0 Å². The van der Waals surface area contributed by atoms with E-state index in [9.17, 15) is 0 Å². The number of nitrogens with one attached hydrogen (secondary N) is 2. The number of anilines is 1. The van der Waals surface area contributed by atoms with Crippen LogP contribution >= 0.6 is 0 Å². The first kappa shape index (κ1) is 12.6. The number of nitrogens with zero attached hydrogens (tertiary/aromatic N) is 2.